The van der Waals surface area contributed by atoms with E-state index < -0.39 is 0 Å². The van der Waals surface area contributed by atoms with Crippen molar-refractivity contribution in [2.45, 2.75) is 30.4 Å². The summed E-state index contributed by atoms with van der Waals surface area (Å²) < 4.78 is 9.36. The molecule has 3 aromatic heterocycles. The number of carbonyl (C=O) groups excluding carboxylic acids is 1. The minimum absolute atomic E-state index is 0.274. The van der Waals surface area contributed by atoms with Crippen LogP contribution in [0, 0.1) is 6.92 Å². The lowest BCUT2D eigenvalue weighted by Crippen LogP contribution is -2.14. The van der Waals surface area contributed by atoms with Crippen molar-refractivity contribution in [3.8, 4) is 5.75 Å². The predicted octanol–water partition coefficient (Wildman–Crippen LogP) is 5.38. The van der Waals surface area contributed by atoms with Crippen molar-refractivity contribution in [3.05, 3.63) is 35.7 Å². The van der Waals surface area contributed by atoms with Gasteiger partial charge >= 0.3 is 0 Å². The van der Waals surface area contributed by atoms with Crippen LogP contribution in [0.5, 0.6) is 5.75 Å². The highest BCUT2D eigenvalue weighted by atomic mass is 32.2. The molecule has 0 aliphatic carbocycles. The van der Waals surface area contributed by atoms with Gasteiger partial charge in [0.15, 0.2) is 9.99 Å². The topological polar surface area (TPSA) is 81.9 Å². The van der Waals surface area contributed by atoms with Gasteiger partial charge in [0.25, 0.3) is 5.91 Å². The Labute approximate surface area is 199 Å². The molecule has 1 amide bonds. The molecule has 0 unspecified atom stereocenters. The summed E-state index contributed by atoms with van der Waals surface area (Å²) >= 11 is 5.39. The number of hydrogen-bond donors (Lipinski definition) is 1. The van der Waals surface area contributed by atoms with Gasteiger partial charge in [-0.05, 0) is 30.4 Å². The molecule has 1 aromatic carbocycles. The number of carbonyl (C=O) groups is 1. The number of hydrogen-bond acceptors (Lipinski definition) is 8. The Hall–Kier alpha value is -2.30. The SMILES string of the molecule is COc1c(C(=O)Nc2ccc3nc(SCCSC(C)C)sc3c2)cnc2c1c(C)nn2C. The number of benzene rings is 1. The van der Waals surface area contributed by atoms with Gasteiger partial charge in [0.05, 0.1) is 28.4 Å². The zero-order valence-corrected chi connectivity index (χ0v) is 21.1. The van der Waals surface area contributed by atoms with Crippen molar-refractivity contribution in [1.82, 2.24) is 19.7 Å². The minimum Gasteiger partial charge on any atom is -0.495 e. The number of rotatable bonds is 8. The molecule has 32 heavy (non-hydrogen) atoms. The summed E-state index contributed by atoms with van der Waals surface area (Å²) in [5.41, 5.74) is 3.48. The number of thiazole rings is 1. The fraction of sp³-hybridized carbons (Fsp3) is 0.364. The molecule has 0 aliphatic heterocycles. The van der Waals surface area contributed by atoms with E-state index in [1.807, 2.05) is 43.9 Å². The van der Waals surface area contributed by atoms with Crippen LogP contribution in [0.4, 0.5) is 5.69 Å². The second kappa shape index (κ2) is 9.68. The second-order valence-corrected chi connectivity index (χ2v) is 11.6. The van der Waals surface area contributed by atoms with E-state index in [9.17, 15) is 4.79 Å². The Morgan fingerprint density at radius 2 is 2.12 bits per heavy atom. The molecule has 0 spiro atoms. The van der Waals surface area contributed by atoms with Crippen LogP contribution in [0.3, 0.4) is 0 Å². The van der Waals surface area contributed by atoms with Crippen LogP contribution in [0.25, 0.3) is 21.3 Å². The molecule has 4 rings (SSSR count). The average Bonchev–Trinajstić information content (AvgIpc) is 3.29. The molecule has 0 bridgehead atoms. The van der Waals surface area contributed by atoms with Crippen molar-refractivity contribution in [2.24, 2.45) is 7.05 Å². The van der Waals surface area contributed by atoms with Crippen LogP contribution in [-0.2, 0) is 7.05 Å². The number of anilines is 1. The van der Waals surface area contributed by atoms with Gasteiger partial charge in [-0.3, -0.25) is 9.48 Å². The molecule has 0 aliphatic rings. The van der Waals surface area contributed by atoms with Crippen LogP contribution in [0.1, 0.15) is 29.9 Å². The van der Waals surface area contributed by atoms with Crippen molar-refractivity contribution in [3.63, 3.8) is 0 Å². The van der Waals surface area contributed by atoms with E-state index in [1.165, 1.54) is 6.20 Å². The standard InChI is InChI=1S/C22H25N5O2S3/c1-12(2)30-8-9-31-22-25-16-7-6-14(10-17(16)32-22)24-21(28)15-11-23-20-18(19(15)29-5)13(3)26-27(20)4/h6-7,10-12H,8-9H2,1-5H3,(H,24,28). The number of nitrogens with zero attached hydrogens (tertiary/aromatic N) is 4. The fourth-order valence-corrected chi connectivity index (χ4v) is 6.43. The first kappa shape index (κ1) is 22.9. The number of methoxy groups -OCH3 is 1. The Morgan fingerprint density at radius 1 is 1.31 bits per heavy atom. The molecule has 0 atom stereocenters. The molecule has 0 saturated carbocycles. The third kappa shape index (κ3) is 4.72. The Kier molecular flexibility index (Phi) is 6.92. The summed E-state index contributed by atoms with van der Waals surface area (Å²) in [6.45, 7) is 6.30. The maximum atomic E-state index is 13.0. The normalized spacial score (nSPS) is 11.6. The Balaban J connectivity index is 1.53. The number of amides is 1. The number of aromatic nitrogens is 4. The van der Waals surface area contributed by atoms with Crippen molar-refractivity contribution in [1.29, 1.82) is 0 Å². The first-order valence-electron chi connectivity index (χ1n) is 10.2. The van der Waals surface area contributed by atoms with Gasteiger partial charge in [-0.25, -0.2) is 9.97 Å². The quantitative estimate of drug-likeness (QED) is 0.264. The van der Waals surface area contributed by atoms with E-state index >= 15 is 0 Å². The molecule has 0 fully saturated rings. The average molecular weight is 488 g/mol. The molecule has 7 nitrogen and oxygen atoms in total. The number of thioether (sulfide) groups is 2. The van der Waals surface area contributed by atoms with Gasteiger partial charge in [-0.15, -0.1) is 11.3 Å². The van der Waals surface area contributed by atoms with E-state index in [4.69, 9.17) is 9.72 Å². The zero-order chi connectivity index (χ0) is 22.8. The maximum absolute atomic E-state index is 13.0. The smallest absolute Gasteiger partial charge is 0.261 e. The fourth-order valence-electron chi connectivity index (χ4n) is 3.41. The Bertz CT molecular complexity index is 1280. The van der Waals surface area contributed by atoms with Crippen molar-refractivity contribution < 1.29 is 9.53 Å². The van der Waals surface area contributed by atoms with Gasteiger partial charge in [0, 0.05) is 30.4 Å². The van der Waals surface area contributed by atoms with E-state index in [0.29, 0.717) is 27.9 Å². The highest BCUT2D eigenvalue weighted by Gasteiger charge is 2.21. The van der Waals surface area contributed by atoms with Gasteiger partial charge in [-0.2, -0.15) is 16.9 Å². The predicted molar refractivity (Wildman–Crippen MR) is 136 cm³/mol. The molecule has 0 radical (unpaired) electrons. The van der Waals surface area contributed by atoms with Gasteiger partial charge in [0.1, 0.15) is 11.3 Å². The first-order chi connectivity index (χ1) is 15.4. The Morgan fingerprint density at radius 3 is 2.88 bits per heavy atom. The first-order valence-corrected chi connectivity index (χ1v) is 13.0. The van der Waals surface area contributed by atoms with Crippen LogP contribution < -0.4 is 10.1 Å². The number of pyridine rings is 1. The second-order valence-electron chi connectivity index (χ2n) is 7.50. The van der Waals surface area contributed by atoms with Crippen LogP contribution in [0.2, 0.25) is 0 Å². The summed E-state index contributed by atoms with van der Waals surface area (Å²) in [5, 5.41) is 8.76. The van der Waals surface area contributed by atoms with E-state index in [1.54, 1.807) is 34.9 Å². The van der Waals surface area contributed by atoms with Gasteiger partial charge < -0.3 is 10.1 Å². The minimum atomic E-state index is -0.274. The molecule has 3 heterocycles. The van der Waals surface area contributed by atoms with Gasteiger partial charge in [-0.1, -0.05) is 25.6 Å². The summed E-state index contributed by atoms with van der Waals surface area (Å²) in [4.78, 5) is 22.2. The summed E-state index contributed by atoms with van der Waals surface area (Å²) in [6.07, 6.45) is 1.53. The molecule has 1 N–H and O–H groups in total. The van der Waals surface area contributed by atoms with Gasteiger partial charge in [0.2, 0.25) is 0 Å². The van der Waals surface area contributed by atoms with Crippen LogP contribution in [-0.4, -0.2) is 49.5 Å². The lowest BCUT2D eigenvalue weighted by Gasteiger charge is -2.10. The molecule has 0 saturated heterocycles. The number of fused-ring (bicyclic) bond motifs is 2. The molecule has 4 aromatic rings. The largest absolute Gasteiger partial charge is 0.495 e. The lowest BCUT2D eigenvalue weighted by atomic mass is 10.1. The molecule has 10 heteroatoms. The summed E-state index contributed by atoms with van der Waals surface area (Å²) in [5.74, 6) is 2.35. The third-order valence-corrected chi connectivity index (χ3v) is 8.34. The summed E-state index contributed by atoms with van der Waals surface area (Å²) in [6, 6.07) is 5.78. The van der Waals surface area contributed by atoms with E-state index in [0.717, 1.165) is 37.1 Å². The summed E-state index contributed by atoms with van der Waals surface area (Å²) in [7, 11) is 3.38. The zero-order valence-electron chi connectivity index (χ0n) is 18.6. The molecular formula is C22H25N5O2S3. The molecule has 168 valence electrons. The lowest BCUT2D eigenvalue weighted by molar-refractivity contribution is 0.102. The number of aryl methyl sites for hydroxylation is 2. The van der Waals surface area contributed by atoms with Crippen LogP contribution in [0.15, 0.2) is 28.7 Å². The maximum Gasteiger partial charge on any atom is 0.261 e. The van der Waals surface area contributed by atoms with Crippen LogP contribution >= 0.6 is 34.9 Å². The van der Waals surface area contributed by atoms with E-state index in [-0.39, 0.29) is 5.91 Å². The monoisotopic (exact) mass is 487 g/mol. The number of nitrogens with one attached hydrogen (secondary N) is 1. The molecular weight excluding hydrogens is 462 g/mol. The third-order valence-electron chi connectivity index (χ3n) is 4.82. The highest BCUT2D eigenvalue weighted by Crippen LogP contribution is 2.33. The number of ether oxygens (including phenoxy) is 1. The highest BCUT2D eigenvalue weighted by molar-refractivity contribution is 8.04. The van der Waals surface area contributed by atoms with Crippen molar-refractivity contribution >= 4 is 67.7 Å². The van der Waals surface area contributed by atoms with E-state index in [2.05, 4.69) is 29.2 Å². The van der Waals surface area contributed by atoms with Crippen molar-refractivity contribution in [2.75, 3.05) is 23.9 Å².